The molecular weight excluding hydrogens is 264 g/mol. The number of rotatable bonds is 8. The van der Waals surface area contributed by atoms with Gasteiger partial charge in [0.25, 0.3) is 0 Å². The molecule has 5 heteroatoms. The predicted octanol–water partition coefficient (Wildman–Crippen LogP) is 2.86. The van der Waals surface area contributed by atoms with Crippen molar-refractivity contribution in [3.05, 3.63) is 24.3 Å². The molecule has 0 aliphatic heterocycles. The minimum Gasteiger partial charge on any atom is -0.409 e. The zero-order chi connectivity index (χ0) is 15.3. The van der Waals surface area contributed by atoms with Crippen LogP contribution in [0.4, 0.5) is 11.4 Å². The lowest BCUT2D eigenvalue weighted by atomic mass is 10.0. The average Bonchev–Trinajstić information content (AvgIpc) is 3.27. The van der Waals surface area contributed by atoms with Gasteiger partial charge in [-0.3, -0.25) is 0 Å². The van der Waals surface area contributed by atoms with Crippen molar-refractivity contribution < 1.29 is 5.21 Å². The van der Waals surface area contributed by atoms with E-state index in [2.05, 4.69) is 53.5 Å². The number of oxime groups is 1. The van der Waals surface area contributed by atoms with Gasteiger partial charge in [0.2, 0.25) is 0 Å². The van der Waals surface area contributed by atoms with Crippen molar-refractivity contribution in [2.24, 2.45) is 16.3 Å². The Labute approximate surface area is 126 Å². The highest BCUT2D eigenvalue weighted by molar-refractivity contribution is 5.80. The van der Waals surface area contributed by atoms with Crippen molar-refractivity contribution in [2.75, 3.05) is 29.9 Å². The summed E-state index contributed by atoms with van der Waals surface area (Å²) in [5.41, 5.74) is 8.17. The molecule has 5 nitrogen and oxygen atoms in total. The number of hydrogen-bond donors (Lipinski definition) is 3. The summed E-state index contributed by atoms with van der Waals surface area (Å²) in [4.78, 5) is 2.32. The third-order valence-corrected chi connectivity index (χ3v) is 4.31. The van der Waals surface area contributed by atoms with E-state index < -0.39 is 0 Å². The zero-order valence-corrected chi connectivity index (χ0v) is 13.0. The Kier molecular flexibility index (Phi) is 4.94. The van der Waals surface area contributed by atoms with Gasteiger partial charge in [0.15, 0.2) is 0 Å². The third kappa shape index (κ3) is 4.03. The molecule has 0 aromatic heterocycles. The molecule has 0 saturated heterocycles. The molecule has 1 aromatic rings. The van der Waals surface area contributed by atoms with Crippen LogP contribution in [0.15, 0.2) is 29.4 Å². The van der Waals surface area contributed by atoms with E-state index in [9.17, 15) is 0 Å². The summed E-state index contributed by atoms with van der Waals surface area (Å²) in [7, 11) is 0. The normalized spacial score (nSPS) is 16.6. The number of nitrogens with two attached hydrogens (primary N) is 1. The molecule has 0 amide bonds. The summed E-state index contributed by atoms with van der Waals surface area (Å²) in [6.07, 6.45) is 2.93. The fraction of sp³-hybridized carbons (Fsp3) is 0.562. The number of benzene rings is 1. The van der Waals surface area contributed by atoms with Gasteiger partial charge >= 0.3 is 0 Å². The summed E-state index contributed by atoms with van der Waals surface area (Å²) in [6.45, 7) is 7.24. The highest BCUT2D eigenvalue weighted by Gasteiger charge is 2.43. The number of amidine groups is 1. The van der Waals surface area contributed by atoms with Crippen LogP contribution in [-0.2, 0) is 0 Å². The van der Waals surface area contributed by atoms with E-state index in [0.29, 0.717) is 12.3 Å². The molecule has 1 aliphatic rings. The van der Waals surface area contributed by atoms with E-state index in [-0.39, 0.29) is 5.41 Å². The summed E-state index contributed by atoms with van der Waals surface area (Å²) < 4.78 is 0. The van der Waals surface area contributed by atoms with E-state index in [0.717, 1.165) is 38.2 Å². The summed E-state index contributed by atoms with van der Waals surface area (Å²) in [5, 5.41) is 15.2. The van der Waals surface area contributed by atoms with Crippen molar-refractivity contribution in [1.82, 2.24) is 0 Å². The molecule has 0 radical (unpaired) electrons. The Hall–Kier alpha value is -1.91. The van der Waals surface area contributed by atoms with Crippen LogP contribution in [0.2, 0.25) is 0 Å². The van der Waals surface area contributed by atoms with Crippen LogP contribution < -0.4 is 16.0 Å². The predicted molar refractivity (Wildman–Crippen MR) is 88.2 cm³/mol. The first-order chi connectivity index (χ1) is 10.1. The van der Waals surface area contributed by atoms with Gasteiger partial charge < -0.3 is 21.2 Å². The second-order valence-electron chi connectivity index (χ2n) is 5.84. The van der Waals surface area contributed by atoms with Crippen LogP contribution in [0.1, 0.15) is 33.1 Å². The molecule has 1 aliphatic carbocycles. The second-order valence-corrected chi connectivity index (χ2v) is 5.84. The smallest absolute Gasteiger partial charge is 0.139 e. The highest BCUT2D eigenvalue weighted by Crippen LogP contribution is 2.48. The Morgan fingerprint density at radius 3 is 2.38 bits per heavy atom. The van der Waals surface area contributed by atoms with Crippen LogP contribution in [0.25, 0.3) is 0 Å². The molecule has 0 atom stereocenters. The SMILES string of the molecule is CCN(CC)c1ccc(NCC2(CC(N)=NO)CC2)cc1. The number of nitrogens with one attached hydrogen (secondary N) is 1. The highest BCUT2D eigenvalue weighted by atomic mass is 16.4. The van der Waals surface area contributed by atoms with E-state index in [4.69, 9.17) is 10.9 Å². The van der Waals surface area contributed by atoms with Crippen LogP contribution >= 0.6 is 0 Å². The molecule has 116 valence electrons. The molecule has 4 N–H and O–H groups in total. The minimum atomic E-state index is 0.174. The fourth-order valence-corrected chi connectivity index (χ4v) is 2.68. The Morgan fingerprint density at radius 1 is 1.29 bits per heavy atom. The molecule has 2 rings (SSSR count). The zero-order valence-electron chi connectivity index (χ0n) is 13.0. The molecule has 1 saturated carbocycles. The first kappa shape index (κ1) is 15.5. The van der Waals surface area contributed by atoms with Gasteiger partial charge in [0, 0.05) is 37.4 Å². The van der Waals surface area contributed by atoms with Gasteiger partial charge in [-0.2, -0.15) is 0 Å². The van der Waals surface area contributed by atoms with E-state index in [1.54, 1.807) is 0 Å². The molecule has 0 unspecified atom stereocenters. The molecule has 21 heavy (non-hydrogen) atoms. The van der Waals surface area contributed by atoms with Gasteiger partial charge in [0.05, 0.1) is 0 Å². The Morgan fingerprint density at radius 2 is 1.90 bits per heavy atom. The number of nitrogens with zero attached hydrogens (tertiary/aromatic N) is 2. The third-order valence-electron chi connectivity index (χ3n) is 4.31. The van der Waals surface area contributed by atoms with Gasteiger partial charge in [-0.25, -0.2) is 0 Å². The molecule has 1 aromatic carbocycles. The van der Waals surface area contributed by atoms with Crippen LogP contribution in [0, 0.1) is 5.41 Å². The number of anilines is 2. The lowest BCUT2D eigenvalue weighted by molar-refractivity contribution is 0.315. The first-order valence-electron chi connectivity index (χ1n) is 7.68. The van der Waals surface area contributed by atoms with Crippen molar-refractivity contribution >= 4 is 17.2 Å². The van der Waals surface area contributed by atoms with Crippen molar-refractivity contribution in [1.29, 1.82) is 0 Å². The standard InChI is InChI=1S/C16H26N4O/c1-3-20(4-2)14-7-5-13(6-8-14)18-12-16(9-10-16)11-15(17)19-21/h5-8,18,21H,3-4,9-12H2,1-2H3,(H2,17,19). The van der Waals surface area contributed by atoms with Gasteiger partial charge in [-0.1, -0.05) is 5.16 Å². The lowest BCUT2D eigenvalue weighted by Crippen LogP contribution is -2.24. The van der Waals surface area contributed by atoms with Crippen molar-refractivity contribution in [3.8, 4) is 0 Å². The second kappa shape index (κ2) is 6.70. The summed E-state index contributed by atoms with van der Waals surface area (Å²) in [5.74, 6) is 0.325. The van der Waals surface area contributed by atoms with E-state index >= 15 is 0 Å². The van der Waals surface area contributed by atoms with Crippen molar-refractivity contribution in [2.45, 2.75) is 33.1 Å². The van der Waals surface area contributed by atoms with Crippen molar-refractivity contribution in [3.63, 3.8) is 0 Å². The maximum Gasteiger partial charge on any atom is 0.139 e. The van der Waals surface area contributed by atoms with Gasteiger partial charge in [-0.15, -0.1) is 0 Å². The lowest BCUT2D eigenvalue weighted by Gasteiger charge is -2.21. The summed E-state index contributed by atoms with van der Waals surface area (Å²) >= 11 is 0. The fourth-order valence-electron chi connectivity index (χ4n) is 2.68. The van der Waals surface area contributed by atoms with Gasteiger partial charge in [-0.05, 0) is 56.4 Å². The van der Waals surface area contributed by atoms with E-state index in [1.807, 2.05) is 0 Å². The summed E-state index contributed by atoms with van der Waals surface area (Å²) in [6, 6.07) is 8.54. The van der Waals surface area contributed by atoms with Crippen LogP contribution in [0.3, 0.4) is 0 Å². The Bertz CT molecular complexity index is 476. The minimum absolute atomic E-state index is 0.174. The first-order valence-corrected chi connectivity index (χ1v) is 7.68. The maximum atomic E-state index is 8.68. The molecule has 0 spiro atoms. The van der Waals surface area contributed by atoms with Gasteiger partial charge in [0.1, 0.15) is 5.84 Å². The van der Waals surface area contributed by atoms with E-state index in [1.165, 1.54) is 5.69 Å². The molecule has 0 heterocycles. The number of hydrogen-bond acceptors (Lipinski definition) is 4. The topological polar surface area (TPSA) is 73.9 Å². The quantitative estimate of drug-likeness (QED) is 0.298. The monoisotopic (exact) mass is 290 g/mol. The molecule has 0 bridgehead atoms. The van der Waals surface area contributed by atoms with Crippen LogP contribution in [-0.4, -0.2) is 30.7 Å². The van der Waals surface area contributed by atoms with Crippen LogP contribution in [0.5, 0.6) is 0 Å². The molecule has 1 fully saturated rings. The Balaban J connectivity index is 1.89. The molecular formula is C16H26N4O. The largest absolute Gasteiger partial charge is 0.409 e. The average molecular weight is 290 g/mol. The maximum absolute atomic E-state index is 8.68.